The number of aromatic amines is 1. The van der Waals surface area contributed by atoms with E-state index in [1.807, 2.05) is 6.92 Å². The molecule has 1 aliphatic carbocycles. The van der Waals surface area contributed by atoms with Gasteiger partial charge in [0.1, 0.15) is 5.82 Å². The molecule has 0 bridgehead atoms. The Labute approximate surface area is 148 Å². The molecule has 3 aromatic rings. The lowest BCUT2D eigenvalue weighted by atomic mass is 10.1. The SMILES string of the molecule is Cc1[nH]nc2ncc(C(=O)N(Cc3c(F)cccc3Cl)C3CC3)cc12. The first kappa shape index (κ1) is 16.0. The Kier molecular flexibility index (Phi) is 3.92. The maximum absolute atomic E-state index is 14.1. The summed E-state index contributed by atoms with van der Waals surface area (Å²) in [6.07, 6.45) is 3.35. The number of H-pyrrole nitrogens is 1. The molecule has 0 saturated heterocycles. The van der Waals surface area contributed by atoms with Crippen LogP contribution in [0.3, 0.4) is 0 Å². The summed E-state index contributed by atoms with van der Waals surface area (Å²) in [4.78, 5) is 18.9. The summed E-state index contributed by atoms with van der Waals surface area (Å²) in [5.41, 5.74) is 2.24. The van der Waals surface area contributed by atoms with Crippen LogP contribution in [-0.4, -0.2) is 32.0 Å². The van der Waals surface area contributed by atoms with Crippen LogP contribution >= 0.6 is 11.6 Å². The van der Waals surface area contributed by atoms with Gasteiger partial charge in [-0.25, -0.2) is 9.37 Å². The van der Waals surface area contributed by atoms with Crippen LogP contribution in [0.4, 0.5) is 4.39 Å². The summed E-state index contributed by atoms with van der Waals surface area (Å²) < 4.78 is 14.1. The van der Waals surface area contributed by atoms with E-state index in [1.165, 1.54) is 12.3 Å². The van der Waals surface area contributed by atoms with E-state index in [4.69, 9.17) is 11.6 Å². The average molecular weight is 359 g/mol. The van der Waals surface area contributed by atoms with Crippen molar-refractivity contribution in [2.45, 2.75) is 32.4 Å². The van der Waals surface area contributed by atoms with Crippen LogP contribution in [0.1, 0.15) is 34.5 Å². The predicted octanol–water partition coefficient (Wildman–Crippen LogP) is 3.86. The van der Waals surface area contributed by atoms with Gasteiger partial charge in [0.05, 0.1) is 12.1 Å². The number of rotatable bonds is 4. The van der Waals surface area contributed by atoms with E-state index >= 15 is 0 Å². The third-order valence-electron chi connectivity index (χ3n) is 4.49. The second-order valence-corrected chi connectivity index (χ2v) is 6.72. The first-order valence-corrected chi connectivity index (χ1v) is 8.47. The van der Waals surface area contributed by atoms with Gasteiger partial charge in [0.25, 0.3) is 5.91 Å². The quantitative estimate of drug-likeness (QED) is 0.770. The van der Waals surface area contributed by atoms with Gasteiger partial charge in [-0.05, 0) is 38.0 Å². The number of benzene rings is 1. The highest BCUT2D eigenvalue weighted by atomic mass is 35.5. The first-order chi connectivity index (χ1) is 12.0. The van der Waals surface area contributed by atoms with E-state index in [1.54, 1.807) is 23.1 Å². The molecule has 0 spiro atoms. The van der Waals surface area contributed by atoms with E-state index in [9.17, 15) is 9.18 Å². The molecule has 1 aliphatic rings. The van der Waals surface area contributed by atoms with E-state index < -0.39 is 5.82 Å². The van der Waals surface area contributed by atoms with Gasteiger partial charge >= 0.3 is 0 Å². The maximum atomic E-state index is 14.1. The number of aryl methyl sites for hydroxylation is 1. The molecule has 1 N–H and O–H groups in total. The lowest BCUT2D eigenvalue weighted by Gasteiger charge is -2.23. The summed E-state index contributed by atoms with van der Waals surface area (Å²) >= 11 is 6.13. The zero-order valence-electron chi connectivity index (χ0n) is 13.6. The summed E-state index contributed by atoms with van der Waals surface area (Å²) in [6.45, 7) is 2.03. The molecule has 5 nitrogen and oxygen atoms in total. The van der Waals surface area contributed by atoms with Gasteiger partial charge in [0.2, 0.25) is 0 Å². The Morgan fingerprint density at radius 3 is 2.96 bits per heavy atom. The fourth-order valence-electron chi connectivity index (χ4n) is 2.91. The lowest BCUT2D eigenvalue weighted by Crippen LogP contribution is -2.33. The Bertz CT molecular complexity index is 947. The van der Waals surface area contributed by atoms with Gasteiger partial charge in [-0.2, -0.15) is 5.10 Å². The molecule has 1 aromatic carbocycles. The largest absolute Gasteiger partial charge is 0.331 e. The van der Waals surface area contributed by atoms with Crippen LogP contribution in [0.5, 0.6) is 0 Å². The molecule has 4 rings (SSSR count). The van der Waals surface area contributed by atoms with E-state index in [2.05, 4.69) is 15.2 Å². The summed E-state index contributed by atoms with van der Waals surface area (Å²) in [6, 6.07) is 6.45. The van der Waals surface area contributed by atoms with Crippen LogP contribution in [0.2, 0.25) is 5.02 Å². The van der Waals surface area contributed by atoms with Crippen LogP contribution < -0.4 is 0 Å². The third-order valence-corrected chi connectivity index (χ3v) is 4.84. The van der Waals surface area contributed by atoms with E-state index in [-0.39, 0.29) is 18.5 Å². The number of nitrogens with one attached hydrogen (secondary N) is 1. The van der Waals surface area contributed by atoms with Gasteiger partial charge in [0.15, 0.2) is 5.65 Å². The molecule has 1 fully saturated rings. The lowest BCUT2D eigenvalue weighted by molar-refractivity contribution is 0.0728. The molecule has 0 aliphatic heterocycles. The number of fused-ring (bicyclic) bond motifs is 1. The second-order valence-electron chi connectivity index (χ2n) is 6.31. The van der Waals surface area contributed by atoms with Gasteiger partial charge in [0, 0.05) is 33.9 Å². The van der Waals surface area contributed by atoms with Crippen molar-refractivity contribution in [1.82, 2.24) is 20.1 Å². The standard InChI is InChI=1S/C18H16ClFN4O/c1-10-13-7-11(8-21-17(13)23-22-10)18(25)24(12-5-6-12)9-14-15(19)3-2-4-16(14)20/h2-4,7-8,12H,5-6,9H2,1H3,(H,21,22,23). The van der Waals surface area contributed by atoms with Crippen molar-refractivity contribution in [3.8, 4) is 0 Å². The molecule has 0 unspecified atom stereocenters. The van der Waals surface area contributed by atoms with Crippen molar-refractivity contribution >= 4 is 28.5 Å². The topological polar surface area (TPSA) is 61.9 Å². The minimum atomic E-state index is -0.398. The van der Waals surface area contributed by atoms with Crippen LogP contribution in [0.15, 0.2) is 30.5 Å². The molecule has 2 heterocycles. The second kappa shape index (κ2) is 6.11. The zero-order chi connectivity index (χ0) is 17.6. The summed E-state index contributed by atoms with van der Waals surface area (Å²) in [5, 5.41) is 8.07. The number of carbonyl (C=O) groups excluding carboxylic acids is 1. The van der Waals surface area contributed by atoms with Crippen LogP contribution in [-0.2, 0) is 6.54 Å². The Hall–Kier alpha value is -2.47. The Morgan fingerprint density at radius 2 is 2.24 bits per heavy atom. The molecule has 0 atom stereocenters. The number of amides is 1. The first-order valence-electron chi connectivity index (χ1n) is 8.09. The fraction of sp³-hybridized carbons (Fsp3) is 0.278. The number of nitrogens with zero attached hydrogens (tertiary/aromatic N) is 3. The highest BCUT2D eigenvalue weighted by molar-refractivity contribution is 6.31. The van der Waals surface area contributed by atoms with Gasteiger partial charge in [-0.1, -0.05) is 17.7 Å². The number of carbonyl (C=O) groups is 1. The van der Waals surface area contributed by atoms with E-state index in [0.717, 1.165) is 23.9 Å². The molecule has 2 aromatic heterocycles. The normalized spacial score (nSPS) is 14.0. The Morgan fingerprint density at radius 1 is 1.44 bits per heavy atom. The molecule has 1 amide bonds. The van der Waals surface area contributed by atoms with Gasteiger partial charge < -0.3 is 4.90 Å². The summed E-state index contributed by atoms with van der Waals surface area (Å²) in [7, 11) is 0. The molecule has 1 saturated carbocycles. The fourth-order valence-corrected chi connectivity index (χ4v) is 3.13. The van der Waals surface area contributed by atoms with Crippen molar-refractivity contribution in [1.29, 1.82) is 0 Å². The van der Waals surface area contributed by atoms with Crippen LogP contribution in [0.25, 0.3) is 11.0 Å². The third kappa shape index (κ3) is 2.98. The van der Waals surface area contributed by atoms with Gasteiger partial charge in [-0.3, -0.25) is 9.89 Å². The Balaban J connectivity index is 1.68. The van der Waals surface area contributed by atoms with Crippen molar-refractivity contribution < 1.29 is 9.18 Å². The zero-order valence-corrected chi connectivity index (χ0v) is 14.3. The molecular weight excluding hydrogens is 343 g/mol. The van der Waals surface area contributed by atoms with Crippen molar-refractivity contribution in [2.75, 3.05) is 0 Å². The molecule has 0 radical (unpaired) electrons. The molecular formula is C18H16ClFN4O. The van der Waals surface area contributed by atoms with Crippen molar-refractivity contribution in [2.24, 2.45) is 0 Å². The number of pyridine rings is 1. The number of aromatic nitrogens is 3. The smallest absolute Gasteiger partial charge is 0.255 e. The number of hydrogen-bond acceptors (Lipinski definition) is 3. The molecule has 7 heteroatoms. The predicted molar refractivity (Wildman–Crippen MR) is 92.9 cm³/mol. The highest BCUT2D eigenvalue weighted by Crippen LogP contribution is 2.32. The average Bonchev–Trinajstić information content (AvgIpc) is 3.37. The number of hydrogen-bond donors (Lipinski definition) is 1. The van der Waals surface area contributed by atoms with Crippen molar-refractivity contribution in [3.63, 3.8) is 0 Å². The van der Waals surface area contributed by atoms with Gasteiger partial charge in [-0.15, -0.1) is 0 Å². The summed E-state index contributed by atoms with van der Waals surface area (Å²) in [5.74, 6) is -0.568. The van der Waals surface area contributed by atoms with Crippen molar-refractivity contribution in [3.05, 3.63) is 58.1 Å². The van der Waals surface area contributed by atoms with Crippen LogP contribution in [0, 0.1) is 12.7 Å². The molecule has 128 valence electrons. The minimum absolute atomic E-state index is 0.115. The van der Waals surface area contributed by atoms with E-state index in [0.29, 0.717) is 21.8 Å². The maximum Gasteiger partial charge on any atom is 0.255 e. The minimum Gasteiger partial charge on any atom is -0.331 e. The monoisotopic (exact) mass is 358 g/mol. The number of halogens is 2. The molecule has 25 heavy (non-hydrogen) atoms. The highest BCUT2D eigenvalue weighted by Gasteiger charge is 2.34.